The van der Waals surface area contributed by atoms with Crippen LogP contribution >= 0.6 is 0 Å². The van der Waals surface area contributed by atoms with Crippen LogP contribution in [0.25, 0.3) is 0 Å². The van der Waals surface area contributed by atoms with Crippen LogP contribution in [-0.4, -0.2) is 31.9 Å². The second-order valence-electron chi connectivity index (χ2n) is 4.89. The molecule has 0 aliphatic rings. The Morgan fingerprint density at radius 2 is 1.95 bits per heavy atom. The second-order valence-corrected chi connectivity index (χ2v) is 6.78. The van der Waals surface area contributed by atoms with E-state index in [1.807, 2.05) is 39.8 Å². The Bertz CT molecular complexity index is 514. The van der Waals surface area contributed by atoms with Crippen molar-refractivity contribution in [3.05, 3.63) is 29.8 Å². The van der Waals surface area contributed by atoms with Gasteiger partial charge in [0.25, 0.3) is 0 Å². The fourth-order valence-electron chi connectivity index (χ4n) is 2.14. The molecule has 1 aromatic rings. The molecule has 0 fully saturated rings. The van der Waals surface area contributed by atoms with Crippen LogP contribution in [0.5, 0.6) is 0 Å². The van der Waals surface area contributed by atoms with E-state index >= 15 is 0 Å². The molecule has 4 nitrogen and oxygen atoms in total. The van der Waals surface area contributed by atoms with Gasteiger partial charge in [0.15, 0.2) is 0 Å². The Morgan fingerprint density at radius 1 is 1.25 bits per heavy atom. The van der Waals surface area contributed by atoms with E-state index in [1.165, 1.54) is 0 Å². The molecular formula is C15H26N2O2S. The van der Waals surface area contributed by atoms with Gasteiger partial charge < -0.3 is 5.32 Å². The zero-order valence-corrected chi connectivity index (χ0v) is 13.7. The molecule has 0 bridgehead atoms. The van der Waals surface area contributed by atoms with Crippen molar-refractivity contribution in [2.45, 2.75) is 51.6 Å². The predicted octanol–water partition coefficient (Wildman–Crippen LogP) is 2.61. The maximum Gasteiger partial charge on any atom is 0.243 e. The number of hydrogen-bond acceptors (Lipinski definition) is 3. The van der Waals surface area contributed by atoms with Crippen LogP contribution < -0.4 is 5.32 Å². The molecule has 0 amide bonds. The fourth-order valence-corrected chi connectivity index (χ4v) is 3.93. The highest BCUT2D eigenvalue weighted by molar-refractivity contribution is 7.89. The molecule has 1 N–H and O–H groups in total. The molecule has 20 heavy (non-hydrogen) atoms. The van der Waals surface area contributed by atoms with Gasteiger partial charge in [0.05, 0.1) is 4.90 Å². The average Bonchev–Trinajstić information content (AvgIpc) is 2.45. The third-order valence-electron chi connectivity index (χ3n) is 3.48. The first-order valence-corrected chi connectivity index (χ1v) is 8.72. The van der Waals surface area contributed by atoms with Crippen molar-refractivity contribution in [2.75, 3.05) is 13.1 Å². The lowest BCUT2D eigenvalue weighted by Crippen LogP contribution is -2.38. The molecule has 0 aliphatic heterocycles. The van der Waals surface area contributed by atoms with E-state index in [2.05, 4.69) is 5.32 Å². The maximum absolute atomic E-state index is 12.7. The summed E-state index contributed by atoms with van der Waals surface area (Å²) in [5.41, 5.74) is 0.994. The lowest BCUT2D eigenvalue weighted by atomic mass is 10.2. The molecular weight excluding hydrogens is 272 g/mol. The molecule has 5 heteroatoms. The van der Waals surface area contributed by atoms with Crippen molar-refractivity contribution >= 4 is 10.0 Å². The van der Waals surface area contributed by atoms with E-state index in [1.54, 1.807) is 16.4 Å². The number of sulfonamides is 1. The van der Waals surface area contributed by atoms with Gasteiger partial charge >= 0.3 is 0 Å². The van der Waals surface area contributed by atoms with E-state index in [9.17, 15) is 8.42 Å². The molecule has 0 aliphatic carbocycles. The molecule has 0 heterocycles. The Hall–Kier alpha value is -0.910. The number of benzene rings is 1. The van der Waals surface area contributed by atoms with Crippen LogP contribution in [-0.2, 0) is 16.6 Å². The van der Waals surface area contributed by atoms with Crippen molar-refractivity contribution in [1.82, 2.24) is 9.62 Å². The monoisotopic (exact) mass is 298 g/mol. The zero-order chi connectivity index (χ0) is 15.2. The largest absolute Gasteiger partial charge is 0.313 e. The topological polar surface area (TPSA) is 49.4 Å². The Balaban J connectivity index is 3.08. The van der Waals surface area contributed by atoms with Crippen molar-refractivity contribution in [2.24, 2.45) is 0 Å². The normalized spacial score (nSPS) is 13.7. The summed E-state index contributed by atoms with van der Waals surface area (Å²) in [7, 11) is -3.40. The number of nitrogens with one attached hydrogen (secondary N) is 1. The van der Waals surface area contributed by atoms with Crippen molar-refractivity contribution in [1.29, 1.82) is 0 Å². The quantitative estimate of drug-likeness (QED) is 0.802. The van der Waals surface area contributed by atoms with Gasteiger partial charge in [-0.1, -0.05) is 32.9 Å². The summed E-state index contributed by atoms with van der Waals surface area (Å²) in [4.78, 5) is 0.384. The third kappa shape index (κ3) is 4.04. The lowest BCUT2D eigenvalue weighted by Gasteiger charge is -2.26. The Labute approximate surface area is 123 Å². The van der Waals surface area contributed by atoms with Gasteiger partial charge in [0.1, 0.15) is 0 Å². The minimum absolute atomic E-state index is 0.0161. The van der Waals surface area contributed by atoms with Gasteiger partial charge in [-0.15, -0.1) is 0 Å². The van der Waals surface area contributed by atoms with Crippen LogP contribution in [0.4, 0.5) is 0 Å². The van der Waals surface area contributed by atoms with Crippen LogP contribution in [0.15, 0.2) is 29.2 Å². The standard InChI is InChI=1S/C15H26N2O2S/c1-5-13(4)17(7-3)20(18,19)15-10-8-9-14(11-15)12-16-6-2/h8-11,13,16H,5-7,12H2,1-4H3. The summed E-state index contributed by atoms with van der Waals surface area (Å²) in [5.74, 6) is 0. The molecule has 114 valence electrons. The van der Waals surface area contributed by atoms with Crippen LogP contribution in [0.2, 0.25) is 0 Å². The Kier molecular flexibility index (Phi) is 6.65. The number of hydrogen-bond donors (Lipinski definition) is 1. The summed E-state index contributed by atoms with van der Waals surface area (Å²) < 4.78 is 27.0. The summed E-state index contributed by atoms with van der Waals surface area (Å²) in [6, 6.07) is 7.21. The highest BCUT2D eigenvalue weighted by atomic mass is 32.2. The number of nitrogens with zero attached hydrogens (tertiary/aromatic N) is 1. The highest BCUT2D eigenvalue weighted by Crippen LogP contribution is 2.20. The first-order chi connectivity index (χ1) is 9.47. The summed E-state index contributed by atoms with van der Waals surface area (Å²) >= 11 is 0. The molecule has 0 aromatic heterocycles. The molecule has 1 unspecified atom stereocenters. The van der Waals surface area contributed by atoms with Gasteiger partial charge in [0.2, 0.25) is 10.0 Å². The van der Waals surface area contributed by atoms with E-state index in [-0.39, 0.29) is 6.04 Å². The van der Waals surface area contributed by atoms with Gasteiger partial charge in [0, 0.05) is 19.1 Å². The second kappa shape index (κ2) is 7.76. The first kappa shape index (κ1) is 17.1. The molecule has 0 spiro atoms. The van der Waals surface area contributed by atoms with Gasteiger partial charge in [-0.25, -0.2) is 8.42 Å². The minimum Gasteiger partial charge on any atom is -0.313 e. The van der Waals surface area contributed by atoms with Crippen molar-refractivity contribution < 1.29 is 8.42 Å². The van der Waals surface area contributed by atoms with E-state index < -0.39 is 10.0 Å². The smallest absolute Gasteiger partial charge is 0.243 e. The SMILES string of the molecule is CCNCc1cccc(S(=O)(=O)N(CC)C(C)CC)c1. The van der Waals surface area contributed by atoms with Crippen LogP contribution in [0.1, 0.15) is 39.7 Å². The van der Waals surface area contributed by atoms with Crippen molar-refractivity contribution in [3.63, 3.8) is 0 Å². The van der Waals surface area contributed by atoms with Gasteiger partial charge in [-0.3, -0.25) is 0 Å². The van der Waals surface area contributed by atoms with E-state index in [0.29, 0.717) is 18.0 Å². The fraction of sp³-hybridized carbons (Fsp3) is 0.600. The maximum atomic E-state index is 12.7. The summed E-state index contributed by atoms with van der Waals surface area (Å²) in [5, 5.41) is 3.21. The third-order valence-corrected chi connectivity index (χ3v) is 5.56. The molecule has 0 radical (unpaired) electrons. The molecule has 1 rings (SSSR count). The predicted molar refractivity (Wildman–Crippen MR) is 83.1 cm³/mol. The molecule has 0 saturated carbocycles. The average molecular weight is 298 g/mol. The van der Waals surface area contributed by atoms with Crippen LogP contribution in [0.3, 0.4) is 0 Å². The van der Waals surface area contributed by atoms with Crippen LogP contribution in [0, 0.1) is 0 Å². The first-order valence-electron chi connectivity index (χ1n) is 7.28. The summed E-state index contributed by atoms with van der Waals surface area (Å²) in [6.45, 7) is 9.91. The highest BCUT2D eigenvalue weighted by Gasteiger charge is 2.26. The minimum atomic E-state index is -3.40. The van der Waals surface area contributed by atoms with Gasteiger partial charge in [-0.2, -0.15) is 4.31 Å². The van der Waals surface area contributed by atoms with Crippen molar-refractivity contribution in [3.8, 4) is 0 Å². The number of rotatable bonds is 8. The zero-order valence-electron chi connectivity index (χ0n) is 12.9. The lowest BCUT2D eigenvalue weighted by molar-refractivity contribution is 0.342. The van der Waals surface area contributed by atoms with E-state index in [0.717, 1.165) is 18.5 Å². The molecule has 1 atom stereocenters. The Morgan fingerprint density at radius 3 is 2.50 bits per heavy atom. The van der Waals surface area contributed by atoms with Gasteiger partial charge in [-0.05, 0) is 37.6 Å². The molecule has 1 aromatic carbocycles. The molecule has 0 saturated heterocycles. The summed E-state index contributed by atoms with van der Waals surface area (Å²) in [6.07, 6.45) is 0.810. The van der Waals surface area contributed by atoms with E-state index in [4.69, 9.17) is 0 Å².